The summed E-state index contributed by atoms with van der Waals surface area (Å²) in [5.74, 6) is 0. The zero-order valence-electron chi connectivity index (χ0n) is 25.5. The largest absolute Gasteiger partial charge is 1.00 e. The average Bonchev–Trinajstić information content (AvgIpc) is 3.24. The second kappa shape index (κ2) is 20.7. The second-order valence-electron chi connectivity index (χ2n) is 8.42. The van der Waals surface area contributed by atoms with E-state index in [9.17, 15) is 58.1 Å². The van der Waals surface area contributed by atoms with Crippen LogP contribution in [0.4, 0.5) is 17.1 Å². The quantitative estimate of drug-likeness (QED) is 0.0312. The van der Waals surface area contributed by atoms with E-state index in [1.807, 2.05) is 4.98 Å². The number of hydrogen-bond donors (Lipinski definition) is 3. The maximum Gasteiger partial charge on any atom is 1.00 e. The number of aliphatic hydroxyl groups is 1. The van der Waals surface area contributed by atoms with Crippen LogP contribution in [-0.4, -0.2) is 44.9 Å². The Morgan fingerprint density at radius 3 is 2.38 bits per heavy atom. The number of aromatic amines is 1. The average molecular weight is 709 g/mol. The molecule has 0 amide bonds. The van der Waals surface area contributed by atoms with Gasteiger partial charge in [0.1, 0.15) is 18.0 Å². The molecule has 240 valence electrons. The molecule has 1 aromatic heterocycles. The summed E-state index contributed by atoms with van der Waals surface area (Å²) in [6.45, 7) is -1.19. The molecule has 0 radical (unpaired) electrons. The van der Waals surface area contributed by atoms with Crippen molar-refractivity contribution in [1.29, 1.82) is 0 Å². The molecule has 0 spiro atoms. The van der Waals surface area contributed by atoms with Crippen molar-refractivity contribution in [2.24, 2.45) is 5.11 Å². The minimum absolute atomic E-state index is 0. The molecule has 2 aromatic rings. The summed E-state index contributed by atoms with van der Waals surface area (Å²) in [6, 6.07) is 3.58. The SMILES string of the molecule is [Li+].[Li+].[Li+].[Li+].[N-]=[N+]=Nc1ccc([N+](=O)[O-])c(NC/C=C/c2cn([C@H]3C[C@H](O)[C@@H](COP(=O)([O-])OP(=O)([O-])OP(=O)([O-])[O-])O3)c(=O)[nH]c2=O)c1. The number of phosphoric acid groups is 3. The Labute approximate surface area is 316 Å². The summed E-state index contributed by atoms with van der Waals surface area (Å²) in [7, 11) is -18.3. The number of azide groups is 1. The van der Waals surface area contributed by atoms with Gasteiger partial charge in [-0.3, -0.25) is 37.9 Å². The van der Waals surface area contributed by atoms with E-state index in [1.54, 1.807) is 0 Å². The first-order valence-electron chi connectivity index (χ1n) is 11.5. The third-order valence-corrected chi connectivity index (χ3v) is 9.02. The van der Waals surface area contributed by atoms with Gasteiger partial charge in [-0.05, 0) is 17.7 Å². The molecule has 0 aliphatic carbocycles. The summed E-state index contributed by atoms with van der Waals surface area (Å²) < 4.78 is 50.3. The van der Waals surface area contributed by atoms with Crippen LogP contribution in [-0.2, 0) is 31.6 Å². The van der Waals surface area contributed by atoms with Gasteiger partial charge < -0.3 is 43.8 Å². The van der Waals surface area contributed by atoms with Crippen molar-refractivity contribution >= 4 is 46.6 Å². The number of phosphoric ester groups is 1. The van der Waals surface area contributed by atoms with E-state index in [0.717, 1.165) is 16.8 Å². The number of nitro groups is 1. The summed E-state index contributed by atoms with van der Waals surface area (Å²) in [5, 5.41) is 27.6. The van der Waals surface area contributed by atoms with Gasteiger partial charge in [0, 0.05) is 35.8 Å². The van der Waals surface area contributed by atoms with Gasteiger partial charge in [0.15, 0.2) is 0 Å². The third-order valence-electron chi connectivity index (χ3n) is 5.35. The molecule has 1 fully saturated rings. The second-order valence-corrected chi connectivity index (χ2v) is 12.7. The summed E-state index contributed by atoms with van der Waals surface area (Å²) in [5.41, 5.74) is 6.34. The maximum atomic E-state index is 12.4. The molecule has 0 saturated carbocycles. The normalized spacial score (nSPS) is 19.6. The number of nitro benzene ring substituents is 1. The molecule has 5 atom stereocenters. The van der Waals surface area contributed by atoms with E-state index in [4.69, 9.17) is 10.3 Å². The number of aromatic nitrogens is 2. The van der Waals surface area contributed by atoms with E-state index in [-0.39, 0.29) is 111 Å². The van der Waals surface area contributed by atoms with Crippen LogP contribution in [0, 0.1) is 10.1 Å². The Kier molecular flexibility index (Phi) is 21.1. The molecular formula is C18H18Li4N7O16P3. The van der Waals surface area contributed by atoms with Crippen molar-refractivity contribution in [2.75, 3.05) is 18.5 Å². The van der Waals surface area contributed by atoms with Gasteiger partial charge in [0.25, 0.3) is 26.9 Å². The molecule has 1 aromatic carbocycles. The number of benzene rings is 1. The van der Waals surface area contributed by atoms with Gasteiger partial charge in [0.2, 0.25) is 0 Å². The fourth-order valence-corrected chi connectivity index (χ4v) is 6.48. The number of nitrogens with zero attached hydrogens (tertiary/aromatic N) is 5. The van der Waals surface area contributed by atoms with Crippen LogP contribution in [0.25, 0.3) is 16.5 Å². The van der Waals surface area contributed by atoms with E-state index < -0.39 is 64.7 Å². The summed E-state index contributed by atoms with van der Waals surface area (Å²) in [4.78, 5) is 83.7. The summed E-state index contributed by atoms with van der Waals surface area (Å²) >= 11 is 0. The zero-order chi connectivity index (χ0) is 32.9. The number of aliphatic hydroxyl groups excluding tert-OH is 1. The van der Waals surface area contributed by atoms with Gasteiger partial charge in [-0.1, -0.05) is 17.3 Å². The van der Waals surface area contributed by atoms with Crippen molar-refractivity contribution in [2.45, 2.75) is 24.9 Å². The molecule has 23 nitrogen and oxygen atoms in total. The first-order valence-corrected chi connectivity index (χ1v) is 15.9. The number of ether oxygens (including phenoxy) is 1. The van der Waals surface area contributed by atoms with E-state index in [0.29, 0.717) is 0 Å². The van der Waals surface area contributed by atoms with E-state index >= 15 is 0 Å². The Bertz CT molecular complexity index is 1770. The van der Waals surface area contributed by atoms with Gasteiger partial charge in [0.05, 0.1) is 31.0 Å². The van der Waals surface area contributed by atoms with Crippen molar-refractivity contribution in [3.8, 4) is 0 Å². The minimum atomic E-state index is -6.21. The molecule has 1 saturated heterocycles. The first-order chi connectivity index (χ1) is 20.4. The van der Waals surface area contributed by atoms with Crippen LogP contribution in [0.3, 0.4) is 0 Å². The number of H-pyrrole nitrogens is 1. The predicted octanol–water partition coefficient (Wildman–Crippen LogP) is -13.0. The third kappa shape index (κ3) is 15.0. The van der Waals surface area contributed by atoms with Crippen LogP contribution in [0.5, 0.6) is 0 Å². The molecule has 0 bridgehead atoms. The first kappa shape index (κ1) is 49.0. The maximum absolute atomic E-state index is 12.4. The van der Waals surface area contributed by atoms with Crippen molar-refractivity contribution in [1.82, 2.24) is 9.55 Å². The smallest absolute Gasteiger partial charge is 0.790 e. The standard InChI is InChI=1S/C18H22N7O16P3.4Li/c19-23-22-11-3-4-13(25(29)30)12(6-11)20-5-1-2-10-8-24(18(28)21-17(10)27)16-7-14(26)15(39-16)9-38-43(34,35)41-44(36,37)40-42(31,32)33;;;;/h1-4,6,8,14-16,20,26H,5,7,9H2,(H,34,35)(H,36,37)(H,21,27,28)(H2,31,32,33);;;;/q;4*+1/p-4/b2-1+;;;;/t14-,15+,16+;;;;/m0..../s1. The fraction of sp³-hybridized carbons (Fsp3) is 0.333. The van der Waals surface area contributed by atoms with Crippen LogP contribution in [0.2, 0.25) is 0 Å². The Morgan fingerprint density at radius 1 is 1.15 bits per heavy atom. The molecule has 30 heteroatoms. The van der Waals surface area contributed by atoms with Gasteiger partial charge in [-0.15, -0.1) is 0 Å². The minimum Gasteiger partial charge on any atom is -0.790 e. The topological polar surface area (TPSA) is 359 Å². The molecular weight excluding hydrogens is 691 g/mol. The molecule has 1 aliphatic rings. The predicted molar refractivity (Wildman–Crippen MR) is 136 cm³/mol. The zero-order valence-corrected chi connectivity index (χ0v) is 28.1. The molecule has 2 unspecified atom stereocenters. The number of nitrogens with one attached hydrogen (secondary N) is 2. The van der Waals surface area contributed by atoms with E-state index in [2.05, 4.69) is 28.5 Å². The Hall–Kier alpha value is -1.13. The van der Waals surface area contributed by atoms with E-state index in [1.165, 1.54) is 24.3 Å². The molecule has 1 aliphatic heterocycles. The molecule has 3 rings (SSSR count). The van der Waals surface area contributed by atoms with Crippen molar-refractivity contribution < 1.29 is 137 Å². The number of hydrogen-bond acceptors (Lipinski definition) is 18. The van der Waals surface area contributed by atoms with Gasteiger partial charge >= 0.3 is 81.1 Å². The Balaban J connectivity index is 0. The van der Waals surface area contributed by atoms with Gasteiger partial charge in [-0.25, -0.2) is 9.11 Å². The van der Waals surface area contributed by atoms with Crippen molar-refractivity contribution in [3.05, 3.63) is 77.4 Å². The molecule has 48 heavy (non-hydrogen) atoms. The van der Waals surface area contributed by atoms with Crippen LogP contribution in [0.1, 0.15) is 18.2 Å². The molecule has 3 N–H and O–H groups in total. The van der Waals surface area contributed by atoms with Crippen LogP contribution in [0.15, 0.2) is 45.2 Å². The van der Waals surface area contributed by atoms with Crippen LogP contribution >= 0.6 is 23.5 Å². The fourth-order valence-electron chi connectivity index (χ4n) is 3.61. The monoisotopic (exact) mass is 709 g/mol. The molecule has 2 heterocycles. The van der Waals surface area contributed by atoms with Gasteiger partial charge in [-0.2, -0.15) is 0 Å². The number of anilines is 1. The number of rotatable bonds is 14. The van der Waals surface area contributed by atoms with Crippen molar-refractivity contribution in [3.63, 3.8) is 0 Å². The summed E-state index contributed by atoms with van der Waals surface area (Å²) in [6.07, 6.45) is -1.11. The Morgan fingerprint density at radius 2 is 1.79 bits per heavy atom. The van der Waals surface area contributed by atoms with Crippen LogP contribution < -0.4 is 112 Å².